The summed E-state index contributed by atoms with van der Waals surface area (Å²) < 4.78 is 26.3. The number of halogens is 3. The van der Waals surface area contributed by atoms with Crippen molar-refractivity contribution < 1.29 is 8.78 Å². The van der Waals surface area contributed by atoms with E-state index in [9.17, 15) is 8.78 Å². The molecule has 2 rings (SSSR count). The molecule has 0 aliphatic heterocycles. The highest BCUT2D eigenvalue weighted by molar-refractivity contribution is 6.30. The molecule has 1 N–H and O–H groups in total. The fourth-order valence-electron chi connectivity index (χ4n) is 2.16. The predicted octanol–water partition coefficient (Wildman–Crippen LogP) is 4.24. The summed E-state index contributed by atoms with van der Waals surface area (Å²) >= 11 is 5.93. The van der Waals surface area contributed by atoms with Crippen LogP contribution in [0.25, 0.3) is 0 Å². The molecule has 0 bridgehead atoms. The first-order valence-corrected chi connectivity index (χ1v) is 6.29. The molecule has 100 valence electrons. The zero-order chi connectivity index (χ0) is 14.0. The van der Waals surface area contributed by atoms with Crippen LogP contribution in [0.2, 0.25) is 5.02 Å². The Balaban J connectivity index is 2.46. The van der Waals surface area contributed by atoms with Crippen LogP contribution in [-0.4, -0.2) is 7.05 Å². The maximum atomic E-state index is 13.3. The molecule has 0 saturated heterocycles. The summed E-state index contributed by atoms with van der Waals surface area (Å²) in [5, 5.41) is 3.76. The molecule has 1 nitrogen and oxygen atoms in total. The van der Waals surface area contributed by atoms with Gasteiger partial charge in [0.1, 0.15) is 0 Å². The Hall–Kier alpha value is -1.45. The lowest BCUT2D eigenvalue weighted by Crippen LogP contribution is -2.19. The van der Waals surface area contributed by atoms with Crippen molar-refractivity contribution in [2.24, 2.45) is 0 Å². The molecule has 2 aromatic carbocycles. The van der Waals surface area contributed by atoms with E-state index < -0.39 is 11.6 Å². The maximum absolute atomic E-state index is 13.3. The monoisotopic (exact) mass is 281 g/mol. The first-order chi connectivity index (χ1) is 9.02. The molecule has 0 fully saturated rings. The Morgan fingerprint density at radius 3 is 2.37 bits per heavy atom. The predicted molar refractivity (Wildman–Crippen MR) is 73.4 cm³/mol. The summed E-state index contributed by atoms with van der Waals surface area (Å²) in [5.74, 6) is -1.68. The highest BCUT2D eigenvalue weighted by atomic mass is 35.5. The Labute approximate surface area is 116 Å². The van der Waals surface area contributed by atoms with E-state index in [0.717, 1.165) is 17.2 Å². The Morgan fingerprint density at radius 2 is 1.79 bits per heavy atom. The lowest BCUT2D eigenvalue weighted by Gasteiger charge is -2.19. The van der Waals surface area contributed by atoms with Gasteiger partial charge in [-0.25, -0.2) is 8.78 Å². The average Bonchev–Trinajstić information content (AvgIpc) is 2.37. The molecule has 0 radical (unpaired) electrons. The average molecular weight is 282 g/mol. The van der Waals surface area contributed by atoms with E-state index in [2.05, 4.69) is 5.32 Å². The van der Waals surface area contributed by atoms with E-state index in [1.54, 1.807) is 19.2 Å². The van der Waals surface area contributed by atoms with Gasteiger partial charge in [0.25, 0.3) is 0 Å². The van der Waals surface area contributed by atoms with Crippen molar-refractivity contribution in [3.8, 4) is 0 Å². The summed E-state index contributed by atoms with van der Waals surface area (Å²) in [6.45, 7) is 1.94. The van der Waals surface area contributed by atoms with Crippen molar-refractivity contribution >= 4 is 11.6 Å². The maximum Gasteiger partial charge on any atom is 0.159 e. The second-order valence-electron chi connectivity index (χ2n) is 4.40. The quantitative estimate of drug-likeness (QED) is 0.887. The molecule has 2 aromatic rings. The molecule has 1 unspecified atom stereocenters. The van der Waals surface area contributed by atoms with Gasteiger partial charge in [-0.15, -0.1) is 0 Å². The first-order valence-electron chi connectivity index (χ1n) is 5.91. The van der Waals surface area contributed by atoms with Gasteiger partial charge in [0.2, 0.25) is 0 Å². The van der Waals surface area contributed by atoms with Gasteiger partial charge in [0, 0.05) is 5.02 Å². The molecule has 0 spiro atoms. The summed E-state index contributed by atoms with van der Waals surface area (Å²) in [6.07, 6.45) is 0. The van der Waals surface area contributed by atoms with Crippen molar-refractivity contribution in [3.63, 3.8) is 0 Å². The van der Waals surface area contributed by atoms with Crippen molar-refractivity contribution in [2.75, 3.05) is 7.05 Å². The number of nitrogens with one attached hydrogen (secondary N) is 1. The van der Waals surface area contributed by atoms with Gasteiger partial charge in [-0.2, -0.15) is 0 Å². The van der Waals surface area contributed by atoms with E-state index in [-0.39, 0.29) is 6.04 Å². The number of hydrogen-bond acceptors (Lipinski definition) is 1. The van der Waals surface area contributed by atoms with Crippen LogP contribution >= 0.6 is 11.6 Å². The third-order valence-corrected chi connectivity index (χ3v) is 3.34. The normalized spacial score (nSPS) is 12.5. The molecule has 19 heavy (non-hydrogen) atoms. The van der Waals surface area contributed by atoms with Gasteiger partial charge in [0.15, 0.2) is 11.6 Å². The fourth-order valence-corrected chi connectivity index (χ4v) is 2.38. The van der Waals surface area contributed by atoms with Gasteiger partial charge in [-0.05, 0) is 54.9 Å². The molecule has 1 atom stereocenters. The Bertz CT molecular complexity index is 599. The summed E-state index contributed by atoms with van der Waals surface area (Å²) in [5.41, 5.74) is 2.65. The zero-order valence-corrected chi connectivity index (χ0v) is 11.4. The van der Waals surface area contributed by atoms with Crippen molar-refractivity contribution in [1.29, 1.82) is 0 Å². The third-order valence-electron chi connectivity index (χ3n) is 3.11. The highest BCUT2D eigenvalue weighted by Crippen LogP contribution is 2.27. The van der Waals surface area contributed by atoms with Crippen LogP contribution in [0.4, 0.5) is 8.78 Å². The molecule has 0 heterocycles. The van der Waals surface area contributed by atoms with Gasteiger partial charge in [0.05, 0.1) is 6.04 Å². The van der Waals surface area contributed by atoms with Crippen molar-refractivity contribution in [1.82, 2.24) is 5.32 Å². The van der Waals surface area contributed by atoms with Crippen LogP contribution < -0.4 is 5.32 Å². The molecule has 0 aromatic heterocycles. The van der Waals surface area contributed by atoms with E-state index in [0.29, 0.717) is 10.6 Å². The highest BCUT2D eigenvalue weighted by Gasteiger charge is 2.16. The minimum atomic E-state index is -0.843. The second-order valence-corrected chi connectivity index (χ2v) is 4.83. The van der Waals surface area contributed by atoms with Crippen LogP contribution in [0.5, 0.6) is 0 Å². The number of rotatable bonds is 3. The minimum Gasteiger partial charge on any atom is -0.309 e. The van der Waals surface area contributed by atoms with Crippen LogP contribution in [0.15, 0.2) is 36.4 Å². The minimum absolute atomic E-state index is 0.202. The molecule has 4 heteroatoms. The van der Waals surface area contributed by atoms with Crippen LogP contribution in [0, 0.1) is 18.6 Å². The van der Waals surface area contributed by atoms with Crippen LogP contribution in [0.1, 0.15) is 22.7 Å². The third kappa shape index (κ3) is 2.94. The fraction of sp³-hybridized carbons (Fsp3) is 0.200. The van der Waals surface area contributed by atoms with Crippen molar-refractivity contribution in [2.45, 2.75) is 13.0 Å². The molecule has 0 amide bonds. The van der Waals surface area contributed by atoms with Gasteiger partial charge in [-0.3, -0.25) is 0 Å². The zero-order valence-electron chi connectivity index (χ0n) is 10.7. The van der Waals surface area contributed by atoms with E-state index in [1.165, 1.54) is 6.07 Å². The largest absolute Gasteiger partial charge is 0.309 e. The summed E-state index contributed by atoms with van der Waals surface area (Å²) in [6, 6.07) is 9.25. The number of aryl methyl sites for hydroxylation is 1. The molecule has 0 aliphatic rings. The van der Waals surface area contributed by atoms with E-state index in [4.69, 9.17) is 11.6 Å². The first kappa shape index (κ1) is 14.0. The number of hydrogen-bond donors (Lipinski definition) is 1. The van der Waals surface area contributed by atoms with E-state index >= 15 is 0 Å². The van der Waals surface area contributed by atoms with Crippen LogP contribution in [0.3, 0.4) is 0 Å². The van der Waals surface area contributed by atoms with E-state index in [1.807, 2.05) is 19.1 Å². The summed E-state index contributed by atoms with van der Waals surface area (Å²) in [4.78, 5) is 0. The molecule has 0 aliphatic carbocycles. The van der Waals surface area contributed by atoms with Crippen molar-refractivity contribution in [3.05, 3.63) is 69.7 Å². The number of benzene rings is 2. The molecular weight excluding hydrogens is 268 g/mol. The SMILES string of the molecule is CNC(c1ccc(F)c(F)c1)c1ccc(Cl)cc1C. The van der Waals surface area contributed by atoms with Gasteiger partial charge in [-0.1, -0.05) is 23.7 Å². The van der Waals surface area contributed by atoms with Crippen LogP contribution in [-0.2, 0) is 0 Å². The summed E-state index contributed by atoms with van der Waals surface area (Å²) in [7, 11) is 1.78. The standard InChI is InChI=1S/C15H14ClF2N/c1-9-7-11(16)4-5-12(9)15(19-2)10-3-6-13(17)14(18)8-10/h3-8,15,19H,1-2H3. The topological polar surface area (TPSA) is 12.0 Å². The Morgan fingerprint density at radius 1 is 1.05 bits per heavy atom. The molecular formula is C15H14ClF2N. The van der Waals surface area contributed by atoms with Gasteiger partial charge < -0.3 is 5.32 Å². The smallest absolute Gasteiger partial charge is 0.159 e. The molecule has 0 saturated carbocycles. The second kappa shape index (κ2) is 5.68. The van der Waals surface area contributed by atoms with Gasteiger partial charge >= 0.3 is 0 Å². The Kier molecular flexibility index (Phi) is 4.17. The lowest BCUT2D eigenvalue weighted by atomic mass is 9.95. The lowest BCUT2D eigenvalue weighted by molar-refractivity contribution is 0.505.